The molecule has 164 valence electrons. The Kier molecular flexibility index (Phi) is 6.39. The molecule has 3 heterocycles. The molecule has 7 nitrogen and oxygen atoms in total. The summed E-state index contributed by atoms with van der Waals surface area (Å²) < 4.78 is 11.4. The van der Waals surface area contributed by atoms with Crippen molar-refractivity contribution in [3.8, 4) is 11.5 Å². The van der Waals surface area contributed by atoms with Crippen LogP contribution < -0.4 is 14.4 Å². The molecule has 0 unspecified atom stereocenters. The highest BCUT2D eigenvalue weighted by Crippen LogP contribution is 2.30. The molecule has 0 aliphatic carbocycles. The van der Waals surface area contributed by atoms with Crippen molar-refractivity contribution in [3.63, 3.8) is 0 Å². The van der Waals surface area contributed by atoms with Gasteiger partial charge in [-0.1, -0.05) is 19.9 Å². The summed E-state index contributed by atoms with van der Waals surface area (Å²) in [5.41, 5.74) is 1.90. The molecule has 1 saturated heterocycles. The van der Waals surface area contributed by atoms with Gasteiger partial charge in [-0.15, -0.1) is 0 Å². The molecule has 2 aliphatic rings. The van der Waals surface area contributed by atoms with Crippen molar-refractivity contribution in [2.24, 2.45) is 0 Å². The normalized spacial score (nSPS) is 16.6. The minimum atomic E-state index is 0.0218. The summed E-state index contributed by atoms with van der Waals surface area (Å²) in [5, 5.41) is 0. The molecule has 31 heavy (non-hydrogen) atoms. The maximum atomic E-state index is 12.7. The maximum absolute atomic E-state index is 12.7. The Hall–Kier alpha value is -3.09. The lowest BCUT2D eigenvalue weighted by molar-refractivity contribution is -0.126. The molecule has 1 fully saturated rings. The molecule has 0 atom stereocenters. The first-order chi connectivity index (χ1) is 15.0. The van der Waals surface area contributed by atoms with Crippen LogP contribution in [-0.2, 0) is 4.79 Å². The molecule has 1 amide bonds. The van der Waals surface area contributed by atoms with Gasteiger partial charge in [0, 0.05) is 56.4 Å². The third-order valence-electron chi connectivity index (χ3n) is 5.48. The van der Waals surface area contributed by atoms with Crippen LogP contribution in [0.5, 0.6) is 11.5 Å². The summed E-state index contributed by atoms with van der Waals surface area (Å²) in [6, 6.07) is 7.79. The number of fused-ring (bicyclic) bond motifs is 1. The lowest BCUT2D eigenvalue weighted by atomic mass is 10.2. The van der Waals surface area contributed by atoms with E-state index < -0.39 is 0 Å². The third kappa shape index (κ3) is 5.16. The number of carbonyl (C=O) groups excluding carboxylic acids is 1. The molecule has 1 aromatic heterocycles. The van der Waals surface area contributed by atoms with Gasteiger partial charge in [0.05, 0.1) is 13.2 Å². The number of carbonyl (C=O) groups is 1. The summed E-state index contributed by atoms with van der Waals surface area (Å²) in [7, 11) is 0. The van der Waals surface area contributed by atoms with E-state index in [1.807, 2.05) is 42.2 Å². The van der Waals surface area contributed by atoms with Crippen LogP contribution in [0.1, 0.15) is 43.3 Å². The number of ether oxygens (including phenoxy) is 2. The summed E-state index contributed by atoms with van der Waals surface area (Å²) in [6.07, 6.45) is 4.35. The van der Waals surface area contributed by atoms with E-state index in [9.17, 15) is 4.79 Å². The van der Waals surface area contributed by atoms with Gasteiger partial charge in [-0.2, -0.15) is 0 Å². The zero-order chi connectivity index (χ0) is 21.8. The number of amides is 1. The minimum Gasteiger partial charge on any atom is -0.490 e. The quantitative estimate of drug-likeness (QED) is 0.704. The van der Waals surface area contributed by atoms with Crippen LogP contribution in [0.3, 0.4) is 0 Å². The number of aryl methyl sites for hydroxylation is 1. The van der Waals surface area contributed by atoms with Crippen molar-refractivity contribution in [3.05, 3.63) is 47.4 Å². The van der Waals surface area contributed by atoms with Crippen molar-refractivity contribution in [2.75, 3.05) is 44.3 Å². The second kappa shape index (κ2) is 9.37. The molecule has 1 aromatic carbocycles. The van der Waals surface area contributed by atoms with E-state index >= 15 is 0 Å². The van der Waals surface area contributed by atoms with Gasteiger partial charge in [-0.05, 0) is 30.7 Å². The zero-order valence-corrected chi connectivity index (χ0v) is 18.5. The standard InChI is InChI=1S/C24H30N4O3/c1-17(2)24-25-18(3)15-22(26-24)27-9-11-28(12-10-27)23(29)8-6-19-5-7-20-21(16-19)31-14-4-13-30-20/h5-8,15-17H,4,9-14H2,1-3H3/b8-6+. The van der Waals surface area contributed by atoms with Crippen molar-refractivity contribution in [1.29, 1.82) is 0 Å². The number of rotatable bonds is 4. The van der Waals surface area contributed by atoms with Crippen LogP contribution >= 0.6 is 0 Å². The van der Waals surface area contributed by atoms with E-state index in [1.54, 1.807) is 6.08 Å². The molecular weight excluding hydrogens is 392 g/mol. The number of piperazine rings is 1. The van der Waals surface area contributed by atoms with E-state index in [-0.39, 0.29) is 11.8 Å². The summed E-state index contributed by atoms with van der Waals surface area (Å²) >= 11 is 0. The summed E-state index contributed by atoms with van der Waals surface area (Å²) in [6.45, 7) is 10.4. The number of anilines is 1. The van der Waals surface area contributed by atoms with Crippen LogP contribution in [0, 0.1) is 6.92 Å². The molecular formula is C24H30N4O3. The highest BCUT2D eigenvalue weighted by molar-refractivity contribution is 5.92. The second-order valence-electron chi connectivity index (χ2n) is 8.28. The van der Waals surface area contributed by atoms with E-state index in [4.69, 9.17) is 14.5 Å². The van der Waals surface area contributed by atoms with Gasteiger partial charge in [0.15, 0.2) is 11.5 Å². The maximum Gasteiger partial charge on any atom is 0.246 e. The molecule has 0 saturated carbocycles. The first kappa shape index (κ1) is 21.2. The van der Waals surface area contributed by atoms with Crippen LogP contribution in [0.4, 0.5) is 5.82 Å². The predicted octanol–water partition coefficient (Wildman–Crippen LogP) is 3.43. The van der Waals surface area contributed by atoms with E-state index in [0.717, 1.165) is 53.9 Å². The number of aromatic nitrogens is 2. The summed E-state index contributed by atoms with van der Waals surface area (Å²) in [5.74, 6) is 3.63. The van der Waals surface area contributed by atoms with Crippen molar-refractivity contribution >= 4 is 17.8 Å². The lowest BCUT2D eigenvalue weighted by Crippen LogP contribution is -2.48. The second-order valence-corrected chi connectivity index (χ2v) is 8.28. The lowest BCUT2D eigenvalue weighted by Gasteiger charge is -2.35. The number of hydrogen-bond donors (Lipinski definition) is 0. The Morgan fingerprint density at radius 2 is 1.77 bits per heavy atom. The zero-order valence-electron chi connectivity index (χ0n) is 18.5. The molecule has 2 aromatic rings. The number of benzene rings is 1. The fraction of sp³-hybridized carbons (Fsp3) is 0.458. The highest BCUT2D eigenvalue weighted by atomic mass is 16.5. The van der Waals surface area contributed by atoms with Crippen LogP contribution in [-0.4, -0.2) is 60.2 Å². The molecule has 0 radical (unpaired) electrons. The molecule has 2 aliphatic heterocycles. The minimum absolute atomic E-state index is 0.0218. The molecule has 4 rings (SSSR count). The van der Waals surface area contributed by atoms with Crippen LogP contribution in [0.2, 0.25) is 0 Å². The Bertz CT molecular complexity index is 965. The Morgan fingerprint density at radius 1 is 1.03 bits per heavy atom. The Labute approximate surface area is 183 Å². The fourth-order valence-corrected chi connectivity index (χ4v) is 3.71. The first-order valence-corrected chi connectivity index (χ1v) is 11.0. The van der Waals surface area contributed by atoms with Gasteiger partial charge < -0.3 is 19.3 Å². The van der Waals surface area contributed by atoms with Crippen LogP contribution in [0.25, 0.3) is 6.08 Å². The van der Waals surface area contributed by atoms with Crippen molar-refractivity contribution in [2.45, 2.75) is 33.1 Å². The first-order valence-electron chi connectivity index (χ1n) is 11.0. The summed E-state index contributed by atoms with van der Waals surface area (Å²) in [4.78, 5) is 26.1. The molecule has 0 bridgehead atoms. The smallest absolute Gasteiger partial charge is 0.246 e. The number of nitrogens with zero attached hydrogens (tertiary/aromatic N) is 4. The number of hydrogen-bond acceptors (Lipinski definition) is 6. The molecule has 0 N–H and O–H groups in total. The molecule has 7 heteroatoms. The molecule has 0 spiro atoms. The van der Waals surface area contributed by atoms with Crippen molar-refractivity contribution in [1.82, 2.24) is 14.9 Å². The van der Waals surface area contributed by atoms with Gasteiger partial charge >= 0.3 is 0 Å². The Morgan fingerprint density at radius 3 is 2.52 bits per heavy atom. The van der Waals surface area contributed by atoms with Gasteiger partial charge in [0.1, 0.15) is 11.6 Å². The van der Waals surface area contributed by atoms with E-state index in [2.05, 4.69) is 23.7 Å². The third-order valence-corrected chi connectivity index (χ3v) is 5.48. The van der Waals surface area contributed by atoms with Crippen molar-refractivity contribution < 1.29 is 14.3 Å². The average molecular weight is 423 g/mol. The predicted molar refractivity (Wildman–Crippen MR) is 121 cm³/mol. The fourth-order valence-electron chi connectivity index (χ4n) is 3.71. The largest absolute Gasteiger partial charge is 0.490 e. The van der Waals surface area contributed by atoms with Gasteiger partial charge in [0.25, 0.3) is 0 Å². The van der Waals surface area contributed by atoms with E-state index in [0.29, 0.717) is 26.3 Å². The Balaban J connectivity index is 1.36. The topological polar surface area (TPSA) is 67.8 Å². The van der Waals surface area contributed by atoms with Crippen LogP contribution in [0.15, 0.2) is 30.3 Å². The van der Waals surface area contributed by atoms with E-state index in [1.165, 1.54) is 0 Å². The highest BCUT2D eigenvalue weighted by Gasteiger charge is 2.21. The SMILES string of the molecule is Cc1cc(N2CCN(C(=O)/C=C/c3ccc4c(c3)OCCCO4)CC2)nc(C(C)C)n1. The average Bonchev–Trinajstić information content (AvgIpc) is 3.02. The monoisotopic (exact) mass is 422 g/mol. The van der Waals surface area contributed by atoms with Gasteiger partial charge in [-0.25, -0.2) is 9.97 Å². The van der Waals surface area contributed by atoms with Gasteiger partial charge in [-0.3, -0.25) is 4.79 Å². The van der Waals surface area contributed by atoms with Gasteiger partial charge in [0.2, 0.25) is 5.91 Å².